The lowest BCUT2D eigenvalue weighted by Crippen LogP contribution is -2.22. The van der Waals surface area contributed by atoms with Crippen LogP contribution in [-0.2, 0) is 11.8 Å². The minimum Gasteiger partial charge on any atom is -0.477 e. The molecule has 2 aromatic rings. The third-order valence-electron chi connectivity index (χ3n) is 3.36. The summed E-state index contributed by atoms with van der Waals surface area (Å²) < 4.78 is 8.17. The van der Waals surface area contributed by atoms with Gasteiger partial charge in [0, 0.05) is 25.8 Å². The van der Waals surface area contributed by atoms with Gasteiger partial charge >= 0.3 is 5.97 Å². The first-order valence-corrected chi connectivity index (χ1v) is 6.02. The van der Waals surface area contributed by atoms with Crippen molar-refractivity contribution in [2.24, 2.45) is 7.05 Å². The molecule has 19 heavy (non-hydrogen) atoms. The molecule has 1 aliphatic rings. The third kappa shape index (κ3) is 1.82. The normalized spacial score (nSPS) is 19.1. The van der Waals surface area contributed by atoms with Crippen molar-refractivity contribution in [2.45, 2.75) is 18.9 Å². The molecule has 1 unspecified atom stereocenters. The van der Waals surface area contributed by atoms with Gasteiger partial charge in [-0.3, -0.25) is 4.79 Å². The zero-order chi connectivity index (χ0) is 13.6. The zero-order valence-corrected chi connectivity index (χ0v) is 10.4. The Hall–Kier alpha value is -2.15. The summed E-state index contributed by atoms with van der Waals surface area (Å²) >= 11 is 0. The predicted molar refractivity (Wildman–Crippen MR) is 65.3 cm³/mol. The lowest BCUT2D eigenvalue weighted by molar-refractivity contribution is 0.0685. The van der Waals surface area contributed by atoms with Gasteiger partial charge in [0.2, 0.25) is 0 Å². The molecule has 0 amide bonds. The van der Waals surface area contributed by atoms with Crippen molar-refractivity contribution in [3.8, 4) is 0 Å². The van der Waals surface area contributed by atoms with Crippen LogP contribution in [0.5, 0.6) is 0 Å². The number of hydrogen-bond acceptors (Lipinski definition) is 4. The van der Waals surface area contributed by atoms with E-state index in [0.29, 0.717) is 17.9 Å². The maximum Gasteiger partial charge on any atom is 0.352 e. The second kappa shape index (κ2) is 4.20. The molecule has 100 valence electrons. The molecule has 7 nitrogen and oxygen atoms in total. The van der Waals surface area contributed by atoms with Gasteiger partial charge in [-0.1, -0.05) is 0 Å². The summed E-state index contributed by atoms with van der Waals surface area (Å²) in [4.78, 5) is 22.9. The van der Waals surface area contributed by atoms with Gasteiger partial charge in [0.1, 0.15) is 17.4 Å². The fraction of sp³-hybridized carbons (Fsp3) is 0.417. The highest BCUT2D eigenvalue weighted by Gasteiger charge is 2.22. The van der Waals surface area contributed by atoms with Crippen LogP contribution in [-0.4, -0.2) is 31.9 Å². The van der Waals surface area contributed by atoms with E-state index in [0.717, 1.165) is 18.9 Å². The first-order chi connectivity index (χ1) is 9.08. The van der Waals surface area contributed by atoms with Crippen LogP contribution < -0.4 is 5.56 Å². The standard InChI is InChI=1S/C12H13N3O4/c1-14-8(12(17)18)6-11(16)15-10(14)5-7(13-15)9-3-2-4-19-9/h5-6,9H,2-4H2,1H3,(H,17,18). The summed E-state index contributed by atoms with van der Waals surface area (Å²) in [5, 5.41) is 13.3. The minimum absolute atomic E-state index is 0.0590. The number of nitrogens with zero attached hydrogens (tertiary/aromatic N) is 3. The van der Waals surface area contributed by atoms with Crippen molar-refractivity contribution in [3.05, 3.63) is 33.9 Å². The van der Waals surface area contributed by atoms with Crippen LogP contribution in [0.2, 0.25) is 0 Å². The van der Waals surface area contributed by atoms with Gasteiger partial charge < -0.3 is 14.4 Å². The number of carboxylic acid groups (broad SMARTS) is 1. The van der Waals surface area contributed by atoms with Crippen LogP contribution >= 0.6 is 0 Å². The van der Waals surface area contributed by atoms with E-state index >= 15 is 0 Å². The maximum absolute atomic E-state index is 11.9. The van der Waals surface area contributed by atoms with Crippen LogP contribution in [0, 0.1) is 0 Å². The van der Waals surface area contributed by atoms with Gasteiger partial charge in [0.05, 0.1) is 5.69 Å². The van der Waals surface area contributed by atoms with Crippen molar-refractivity contribution in [3.63, 3.8) is 0 Å². The largest absolute Gasteiger partial charge is 0.477 e. The minimum atomic E-state index is -1.14. The summed E-state index contributed by atoms with van der Waals surface area (Å²) in [7, 11) is 1.60. The predicted octanol–water partition coefficient (Wildman–Crippen LogP) is 0.583. The molecule has 1 fully saturated rings. The third-order valence-corrected chi connectivity index (χ3v) is 3.36. The number of carbonyl (C=O) groups is 1. The summed E-state index contributed by atoms with van der Waals surface area (Å²) in [6, 6.07) is 2.78. The Bertz CT molecular complexity index is 710. The van der Waals surface area contributed by atoms with Crippen LogP contribution in [0.25, 0.3) is 5.65 Å². The molecule has 0 saturated carbocycles. The van der Waals surface area contributed by atoms with E-state index in [1.807, 2.05) is 0 Å². The van der Waals surface area contributed by atoms with Crippen molar-refractivity contribution in [1.29, 1.82) is 0 Å². The van der Waals surface area contributed by atoms with Crippen LogP contribution in [0.1, 0.15) is 35.1 Å². The Kier molecular flexibility index (Phi) is 2.63. The summed E-state index contributed by atoms with van der Waals surface area (Å²) in [5.41, 5.74) is 0.620. The Morgan fingerprint density at radius 1 is 1.53 bits per heavy atom. The van der Waals surface area contributed by atoms with Gasteiger partial charge in [0.25, 0.3) is 5.56 Å². The number of aryl methyl sites for hydroxylation is 1. The second-order valence-electron chi connectivity index (χ2n) is 4.57. The van der Waals surface area contributed by atoms with E-state index in [1.54, 1.807) is 13.1 Å². The number of aromatic nitrogens is 3. The molecule has 0 aliphatic carbocycles. The van der Waals surface area contributed by atoms with Crippen molar-refractivity contribution in [2.75, 3.05) is 6.61 Å². The van der Waals surface area contributed by atoms with E-state index in [4.69, 9.17) is 9.84 Å². The molecule has 1 aliphatic heterocycles. The second-order valence-corrected chi connectivity index (χ2v) is 4.57. The average molecular weight is 263 g/mol. The number of carboxylic acids is 1. The number of fused-ring (bicyclic) bond motifs is 1. The number of ether oxygens (including phenoxy) is 1. The molecule has 3 rings (SSSR count). The fourth-order valence-corrected chi connectivity index (χ4v) is 2.36. The van der Waals surface area contributed by atoms with Crippen molar-refractivity contribution < 1.29 is 14.6 Å². The first-order valence-electron chi connectivity index (χ1n) is 6.02. The van der Waals surface area contributed by atoms with E-state index in [1.165, 1.54) is 9.08 Å². The van der Waals surface area contributed by atoms with Gasteiger partial charge in [-0.15, -0.1) is 0 Å². The Morgan fingerprint density at radius 3 is 2.95 bits per heavy atom. The molecule has 1 saturated heterocycles. The number of hydrogen-bond donors (Lipinski definition) is 1. The Morgan fingerprint density at radius 2 is 2.32 bits per heavy atom. The van der Waals surface area contributed by atoms with Crippen LogP contribution in [0.3, 0.4) is 0 Å². The summed E-state index contributed by atoms with van der Waals surface area (Å²) in [5.74, 6) is -1.14. The van der Waals surface area contributed by atoms with Crippen molar-refractivity contribution >= 4 is 11.6 Å². The summed E-state index contributed by atoms with van der Waals surface area (Å²) in [6.45, 7) is 0.690. The van der Waals surface area contributed by atoms with E-state index < -0.39 is 11.5 Å². The zero-order valence-electron chi connectivity index (χ0n) is 10.4. The Balaban J connectivity index is 2.21. The number of aromatic carboxylic acids is 1. The lowest BCUT2D eigenvalue weighted by atomic mass is 10.2. The number of rotatable bonds is 2. The van der Waals surface area contributed by atoms with E-state index in [-0.39, 0.29) is 11.8 Å². The SMILES string of the molecule is Cn1c(C(=O)O)cc(=O)n2nc(C3CCCO3)cc12. The van der Waals surface area contributed by atoms with Gasteiger partial charge in [-0.2, -0.15) is 9.61 Å². The quantitative estimate of drug-likeness (QED) is 0.856. The van der Waals surface area contributed by atoms with Gasteiger partial charge in [-0.05, 0) is 12.8 Å². The fourth-order valence-electron chi connectivity index (χ4n) is 2.36. The molecule has 7 heteroatoms. The molecule has 0 radical (unpaired) electrons. The van der Waals surface area contributed by atoms with Crippen molar-refractivity contribution in [1.82, 2.24) is 14.2 Å². The molecule has 0 spiro atoms. The average Bonchev–Trinajstić information content (AvgIpc) is 3.00. The highest BCUT2D eigenvalue weighted by Crippen LogP contribution is 2.27. The lowest BCUT2D eigenvalue weighted by Gasteiger charge is -2.05. The highest BCUT2D eigenvalue weighted by atomic mass is 16.5. The Labute approximate surface area is 108 Å². The highest BCUT2D eigenvalue weighted by molar-refractivity contribution is 5.86. The molecule has 1 atom stereocenters. The summed E-state index contributed by atoms with van der Waals surface area (Å²) in [6.07, 6.45) is 1.73. The van der Waals surface area contributed by atoms with Gasteiger partial charge in [-0.25, -0.2) is 4.79 Å². The van der Waals surface area contributed by atoms with Crippen LogP contribution in [0.15, 0.2) is 16.9 Å². The smallest absolute Gasteiger partial charge is 0.352 e. The molecular formula is C12H13N3O4. The van der Waals surface area contributed by atoms with E-state index in [2.05, 4.69) is 5.10 Å². The topological polar surface area (TPSA) is 85.8 Å². The molecule has 0 aromatic carbocycles. The maximum atomic E-state index is 11.9. The monoisotopic (exact) mass is 263 g/mol. The van der Waals surface area contributed by atoms with Gasteiger partial charge in [0.15, 0.2) is 0 Å². The molecule has 2 aromatic heterocycles. The first kappa shape index (κ1) is 11.9. The molecule has 0 bridgehead atoms. The van der Waals surface area contributed by atoms with E-state index in [9.17, 15) is 9.59 Å². The molecular weight excluding hydrogens is 250 g/mol. The van der Waals surface area contributed by atoms with Crippen LogP contribution in [0.4, 0.5) is 0 Å². The molecule has 1 N–H and O–H groups in total. The molecule has 3 heterocycles.